The molecule has 38 heavy (non-hydrogen) atoms. The van der Waals surface area contributed by atoms with Crippen molar-refractivity contribution in [2.45, 2.75) is 26.7 Å². The molecule has 182 valence electrons. The first-order valence-corrected chi connectivity index (χ1v) is 14.0. The van der Waals surface area contributed by atoms with Crippen LogP contribution < -0.4 is 0 Å². The summed E-state index contributed by atoms with van der Waals surface area (Å²) in [5.74, 6) is 0.986. The highest BCUT2D eigenvalue weighted by Gasteiger charge is 2.24. The van der Waals surface area contributed by atoms with Gasteiger partial charge in [0.2, 0.25) is 0 Å². The molecule has 0 bridgehead atoms. The van der Waals surface area contributed by atoms with E-state index in [-0.39, 0.29) is 0 Å². The molecule has 2 unspecified atom stereocenters. The second-order valence-electron chi connectivity index (χ2n) is 11.5. The summed E-state index contributed by atoms with van der Waals surface area (Å²) in [6, 6.07) is 36.6. The summed E-state index contributed by atoms with van der Waals surface area (Å²) in [7, 11) is 0. The van der Waals surface area contributed by atoms with Gasteiger partial charge in [0.25, 0.3) is 0 Å². The highest BCUT2D eigenvalue weighted by molar-refractivity contribution is 6.26. The van der Waals surface area contributed by atoms with Gasteiger partial charge in [-0.1, -0.05) is 123 Å². The normalized spacial score (nSPS) is 18.9. The van der Waals surface area contributed by atoms with Gasteiger partial charge in [0.15, 0.2) is 0 Å². The van der Waals surface area contributed by atoms with Gasteiger partial charge in [0, 0.05) is 0 Å². The average molecular weight is 487 g/mol. The quantitative estimate of drug-likeness (QED) is 0.214. The Morgan fingerprint density at radius 3 is 1.37 bits per heavy atom. The molecule has 2 aliphatic rings. The average Bonchev–Trinajstić information content (AvgIpc) is 2.95. The zero-order chi connectivity index (χ0) is 25.4. The number of rotatable bonds is 2. The number of allylic oxidation sites excluding steroid dienone is 2. The molecular weight excluding hydrogens is 456 g/mol. The van der Waals surface area contributed by atoms with Crippen molar-refractivity contribution in [1.82, 2.24) is 0 Å². The van der Waals surface area contributed by atoms with E-state index in [9.17, 15) is 0 Å². The van der Waals surface area contributed by atoms with Gasteiger partial charge in [-0.2, -0.15) is 0 Å². The first kappa shape index (κ1) is 21.9. The zero-order valence-electron chi connectivity index (χ0n) is 22.0. The Morgan fingerprint density at radius 2 is 0.895 bits per heavy atom. The smallest absolute Gasteiger partial charge is 0.00205 e. The van der Waals surface area contributed by atoms with Crippen LogP contribution in [-0.4, -0.2) is 0 Å². The van der Waals surface area contributed by atoms with Crippen LogP contribution in [0.4, 0.5) is 0 Å². The van der Waals surface area contributed by atoms with Crippen LogP contribution in [0, 0.1) is 11.8 Å². The van der Waals surface area contributed by atoms with E-state index in [1.807, 2.05) is 0 Å². The van der Waals surface area contributed by atoms with Gasteiger partial charge in [-0.3, -0.25) is 0 Å². The number of hydrogen-bond donors (Lipinski definition) is 0. The Bertz CT molecular complexity index is 1800. The number of fused-ring (bicyclic) bond motifs is 2. The van der Waals surface area contributed by atoms with Crippen molar-refractivity contribution in [1.29, 1.82) is 0 Å². The van der Waals surface area contributed by atoms with E-state index >= 15 is 0 Å². The van der Waals surface area contributed by atoms with Gasteiger partial charge in [0.05, 0.1) is 0 Å². The van der Waals surface area contributed by atoms with E-state index in [0.29, 0.717) is 11.8 Å². The summed E-state index contributed by atoms with van der Waals surface area (Å²) in [5.41, 5.74) is 11.4. The van der Waals surface area contributed by atoms with Crippen LogP contribution >= 0.6 is 0 Å². The summed E-state index contributed by atoms with van der Waals surface area (Å²) < 4.78 is 0. The lowest BCUT2D eigenvalue weighted by atomic mass is 9.78. The Hall–Kier alpha value is -4.16. The van der Waals surface area contributed by atoms with Crippen molar-refractivity contribution in [3.8, 4) is 0 Å². The molecule has 0 amide bonds. The fourth-order valence-corrected chi connectivity index (χ4v) is 7.21. The molecule has 0 saturated heterocycles. The minimum absolute atomic E-state index is 0.493. The van der Waals surface area contributed by atoms with Crippen LogP contribution in [0.2, 0.25) is 0 Å². The van der Waals surface area contributed by atoms with E-state index in [0.717, 1.165) is 12.8 Å². The van der Waals surface area contributed by atoms with Gasteiger partial charge < -0.3 is 0 Å². The van der Waals surface area contributed by atoms with Crippen molar-refractivity contribution < 1.29 is 0 Å². The van der Waals surface area contributed by atoms with Crippen molar-refractivity contribution >= 4 is 55.6 Å². The molecule has 0 nitrogen and oxygen atoms in total. The van der Waals surface area contributed by atoms with Crippen LogP contribution in [0.3, 0.4) is 0 Å². The minimum Gasteiger partial charge on any atom is -0.0620 e. The summed E-state index contributed by atoms with van der Waals surface area (Å²) in [5, 5.41) is 8.25. The highest BCUT2D eigenvalue weighted by Crippen LogP contribution is 2.45. The van der Waals surface area contributed by atoms with E-state index in [1.165, 1.54) is 76.8 Å². The Labute approximate surface area is 224 Å². The maximum atomic E-state index is 2.44. The van der Waals surface area contributed by atoms with Gasteiger partial charge in [0.1, 0.15) is 0 Å². The molecule has 6 aromatic carbocycles. The summed E-state index contributed by atoms with van der Waals surface area (Å²) in [6.45, 7) is 4.76. The van der Waals surface area contributed by atoms with Crippen LogP contribution in [0.5, 0.6) is 0 Å². The molecule has 0 spiro atoms. The third-order valence-electron chi connectivity index (χ3n) is 9.13. The lowest BCUT2D eigenvalue weighted by Gasteiger charge is -2.26. The topological polar surface area (TPSA) is 0 Å². The summed E-state index contributed by atoms with van der Waals surface area (Å²) in [4.78, 5) is 0. The Kier molecular flexibility index (Phi) is 4.70. The van der Waals surface area contributed by atoms with Crippen LogP contribution in [0.1, 0.15) is 47.2 Å². The van der Waals surface area contributed by atoms with Crippen molar-refractivity contribution in [3.63, 3.8) is 0 Å². The molecule has 0 saturated carbocycles. The monoisotopic (exact) mass is 486 g/mol. The van der Waals surface area contributed by atoms with E-state index < -0.39 is 0 Å². The fraction of sp³-hybridized carbons (Fsp3) is 0.158. The summed E-state index contributed by atoms with van der Waals surface area (Å²) >= 11 is 0. The molecule has 0 N–H and O–H groups in total. The molecule has 2 atom stereocenters. The predicted octanol–water partition coefficient (Wildman–Crippen LogP) is 10.0. The minimum atomic E-state index is 0.493. The first-order chi connectivity index (χ1) is 18.7. The van der Waals surface area contributed by atoms with Gasteiger partial charge in [-0.25, -0.2) is 0 Å². The lowest BCUT2D eigenvalue weighted by molar-refractivity contribution is 0.738. The third-order valence-corrected chi connectivity index (χ3v) is 9.13. The molecule has 2 aliphatic carbocycles. The SMILES string of the molecule is CC1Cc2ccccc2C=C1c1ccc2ccc3c(C4=Cc5ccccc5CC4C)ccc4ccc1c2c43. The lowest BCUT2D eigenvalue weighted by Crippen LogP contribution is -2.10. The zero-order valence-corrected chi connectivity index (χ0v) is 22.0. The van der Waals surface area contributed by atoms with Crippen LogP contribution in [0.25, 0.3) is 55.6 Å². The second kappa shape index (κ2) is 8.17. The van der Waals surface area contributed by atoms with Crippen LogP contribution in [-0.2, 0) is 12.8 Å². The van der Waals surface area contributed by atoms with Gasteiger partial charge >= 0.3 is 0 Å². The van der Waals surface area contributed by atoms with Gasteiger partial charge in [-0.05, 0) is 102 Å². The largest absolute Gasteiger partial charge is 0.0620 e. The molecule has 8 rings (SSSR count). The fourth-order valence-electron chi connectivity index (χ4n) is 7.21. The molecule has 0 aromatic heterocycles. The third kappa shape index (κ3) is 3.16. The molecule has 6 aromatic rings. The maximum Gasteiger partial charge on any atom is -0.00205 e. The number of benzene rings is 6. The number of hydrogen-bond acceptors (Lipinski definition) is 0. The van der Waals surface area contributed by atoms with Crippen LogP contribution in [0.15, 0.2) is 97.1 Å². The summed E-state index contributed by atoms with van der Waals surface area (Å²) in [6.07, 6.45) is 7.07. The Morgan fingerprint density at radius 1 is 0.474 bits per heavy atom. The highest BCUT2D eigenvalue weighted by atomic mass is 14.3. The second-order valence-corrected chi connectivity index (χ2v) is 11.5. The Balaban J connectivity index is 1.38. The van der Waals surface area contributed by atoms with Crippen molar-refractivity contribution in [2.75, 3.05) is 0 Å². The van der Waals surface area contributed by atoms with Gasteiger partial charge in [-0.15, -0.1) is 0 Å². The van der Waals surface area contributed by atoms with E-state index in [1.54, 1.807) is 0 Å². The predicted molar refractivity (Wildman–Crippen MR) is 165 cm³/mol. The molecule has 0 aliphatic heterocycles. The first-order valence-electron chi connectivity index (χ1n) is 14.0. The molecule has 0 fully saturated rings. The van der Waals surface area contributed by atoms with Crippen molar-refractivity contribution in [2.24, 2.45) is 11.8 Å². The maximum absolute atomic E-state index is 2.44. The molecule has 0 heterocycles. The molecular formula is C38H30. The van der Waals surface area contributed by atoms with Crippen molar-refractivity contribution in [3.05, 3.63) is 130 Å². The molecule has 0 heteroatoms. The molecule has 0 radical (unpaired) electrons. The van der Waals surface area contributed by atoms with E-state index in [2.05, 4.69) is 123 Å². The standard InChI is InChI=1S/C38H30/c1-23-19-27-7-3-5-9-29(27)21-35(23)31-15-11-25-14-18-34-32(16-12-26-13-17-33(31)37(25)38(26)34)36-22-30-10-6-4-8-28(30)20-24(36)2/h3-18,21-24H,19-20H2,1-2H3. The van der Waals surface area contributed by atoms with E-state index in [4.69, 9.17) is 0 Å².